The van der Waals surface area contributed by atoms with Gasteiger partial charge in [0, 0.05) is 25.4 Å². The van der Waals surface area contributed by atoms with Crippen LogP contribution in [0, 0.1) is 11.8 Å². The summed E-state index contributed by atoms with van der Waals surface area (Å²) in [5, 5.41) is 6.72. The second-order valence-electron chi connectivity index (χ2n) is 10.3. The van der Waals surface area contributed by atoms with Crippen molar-refractivity contribution >= 4 is 46.6 Å². The van der Waals surface area contributed by atoms with Crippen molar-refractivity contribution in [1.29, 1.82) is 0 Å². The van der Waals surface area contributed by atoms with E-state index in [4.69, 9.17) is 32.7 Å². The number of hydrogen-bond acceptors (Lipinski definition) is 5. The summed E-state index contributed by atoms with van der Waals surface area (Å²) in [4.78, 5) is 42.7. The number of nitrogens with one attached hydrogen (secondary N) is 2. The van der Waals surface area contributed by atoms with Gasteiger partial charge in [-0.1, -0.05) is 54.6 Å². The molecule has 1 aromatic carbocycles. The Bertz CT molecular complexity index is 1110. The zero-order valence-corrected chi connectivity index (χ0v) is 21.9. The van der Waals surface area contributed by atoms with E-state index >= 15 is 0 Å². The van der Waals surface area contributed by atoms with Crippen LogP contribution in [0.3, 0.4) is 0 Å². The Morgan fingerprint density at radius 1 is 1.14 bits per heavy atom. The van der Waals surface area contributed by atoms with Gasteiger partial charge in [-0.15, -0.1) is 0 Å². The zero-order chi connectivity index (χ0) is 25.7. The molecular formula is C26H31Cl2N3O5. The average Bonchev–Trinajstić information content (AvgIpc) is 3.41. The number of benzene rings is 1. The topological polar surface area (TPSA) is 97.0 Å². The third-order valence-electron chi connectivity index (χ3n) is 8.00. The lowest BCUT2D eigenvalue weighted by Gasteiger charge is -2.34. The number of ether oxygens (including phenoxy) is 2. The van der Waals surface area contributed by atoms with E-state index in [0.29, 0.717) is 15.7 Å². The highest BCUT2D eigenvalue weighted by atomic mass is 35.5. The van der Waals surface area contributed by atoms with E-state index in [2.05, 4.69) is 10.6 Å². The van der Waals surface area contributed by atoms with Gasteiger partial charge in [-0.25, -0.2) is 0 Å². The number of methoxy groups -OCH3 is 1. The minimum atomic E-state index is -1.22. The van der Waals surface area contributed by atoms with Crippen molar-refractivity contribution in [2.24, 2.45) is 11.8 Å². The second-order valence-corrected chi connectivity index (χ2v) is 11.1. The summed E-state index contributed by atoms with van der Waals surface area (Å²) < 4.78 is 11.7. The van der Waals surface area contributed by atoms with Gasteiger partial charge in [-0.2, -0.15) is 0 Å². The summed E-state index contributed by atoms with van der Waals surface area (Å²) >= 11 is 12.1. The molecule has 2 N–H and O–H groups in total. The number of carbonyl (C=O) groups is 3. The molecule has 0 radical (unpaired) electrons. The maximum atomic E-state index is 13.9. The number of carbonyl (C=O) groups excluding carboxylic acids is 3. The molecule has 4 aliphatic rings. The van der Waals surface area contributed by atoms with Crippen LogP contribution in [0.25, 0.3) is 0 Å². The minimum Gasteiger partial charge on any atom is -0.383 e. The molecule has 3 heterocycles. The third kappa shape index (κ3) is 4.12. The lowest BCUT2D eigenvalue weighted by Crippen LogP contribution is -2.57. The quantitative estimate of drug-likeness (QED) is 0.520. The van der Waals surface area contributed by atoms with Crippen LogP contribution in [0.5, 0.6) is 0 Å². The monoisotopic (exact) mass is 535 g/mol. The van der Waals surface area contributed by atoms with Gasteiger partial charge in [0.1, 0.15) is 11.6 Å². The Balaban J connectivity index is 1.46. The Morgan fingerprint density at radius 2 is 1.89 bits per heavy atom. The van der Waals surface area contributed by atoms with Crippen molar-refractivity contribution < 1.29 is 23.9 Å². The van der Waals surface area contributed by atoms with Crippen molar-refractivity contribution in [1.82, 2.24) is 10.2 Å². The number of rotatable bonds is 7. The molecule has 3 amide bonds. The fourth-order valence-corrected chi connectivity index (χ4v) is 6.68. The normalized spacial score (nSPS) is 33.2. The predicted octanol–water partition coefficient (Wildman–Crippen LogP) is 3.57. The maximum absolute atomic E-state index is 13.9. The van der Waals surface area contributed by atoms with E-state index in [1.165, 1.54) is 11.3 Å². The van der Waals surface area contributed by atoms with E-state index in [9.17, 15) is 14.4 Å². The molecule has 5 atom stereocenters. The van der Waals surface area contributed by atoms with Crippen LogP contribution in [0.1, 0.15) is 39.0 Å². The van der Waals surface area contributed by atoms with Crippen LogP contribution in [0.15, 0.2) is 30.4 Å². The van der Waals surface area contributed by atoms with Gasteiger partial charge in [0.2, 0.25) is 17.7 Å². The number of nitrogens with zero attached hydrogens (tertiary/aromatic N) is 1. The summed E-state index contributed by atoms with van der Waals surface area (Å²) in [6.07, 6.45) is 8.78. The second kappa shape index (κ2) is 9.63. The lowest BCUT2D eigenvalue weighted by molar-refractivity contribution is -0.144. The van der Waals surface area contributed by atoms with Gasteiger partial charge in [0.25, 0.3) is 0 Å². The molecule has 5 rings (SSSR count). The van der Waals surface area contributed by atoms with Crippen molar-refractivity contribution in [3.63, 3.8) is 0 Å². The van der Waals surface area contributed by atoms with Crippen molar-refractivity contribution in [2.45, 2.75) is 62.3 Å². The van der Waals surface area contributed by atoms with Crippen LogP contribution in [0.4, 0.5) is 5.69 Å². The van der Waals surface area contributed by atoms with E-state index in [-0.39, 0.29) is 36.9 Å². The van der Waals surface area contributed by atoms with Crippen molar-refractivity contribution in [3.05, 3.63) is 40.4 Å². The highest BCUT2D eigenvalue weighted by Crippen LogP contribution is 2.59. The van der Waals surface area contributed by atoms with E-state index in [1.807, 2.05) is 12.2 Å². The number of halogens is 2. The van der Waals surface area contributed by atoms with Crippen molar-refractivity contribution in [2.75, 3.05) is 25.6 Å². The molecule has 0 unspecified atom stereocenters. The smallest absolute Gasteiger partial charge is 0.246 e. The number of likely N-dealkylation sites (tertiary alicyclic amines) is 1. The average molecular weight is 536 g/mol. The van der Waals surface area contributed by atoms with Gasteiger partial charge in [0.05, 0.1) is 34.1 Å². The molecule has 3 aliphatic heterocycles. The molecule has 0 aromatic heterocycles. The lowest BCUT2D eigenvalue weighted by atomic mass is 9.70. The van der Waals surface area contributed by atoms with Gasteiger partial charge >= 0.3 is 0 Å². The van der Waals surface area contributed by atoms with E-state index in [1.54, 1.807) is 32.2 Å². The summed E-state index contributed by atoms with van der Waals surface area (Å²) in [5.41, 5.74) is -1.79. The van der Waals surface area contributed by atoms with Gasteiger partial charge in [0.15, 0.2) is 0 Å². The van der Waals surface area contributed by atoms with Crippen LogP contribution in [0.2, 0.25) is 10.0 Å². The number of amides is 3. The summed E-state index contributed by atoms with van der Waals surface area (Å²) in [6, 6.07) is 4.00. The van der Waals surface area contributed by atoms with Gasteiger partial charge in [-0.05, 0) is 38.0 Å². The molecular weight excluding hydrogens is 505 g/mol. The molecule has 1 saturated carbocycles. The predicted molar refractivity (Wildman–Crippen MR) is 136 cm³/mol. The first kappa shape index (κ1) is 25.5. The van der Waals surface area contributed by atoms with Gasteiger partial charge in [-0.3, -0.25) is 14.4 Å². The largest absolute Gasteiger partial charge is 0.383 e. The zero-order valence-electron chi connectivity index (χ0n) is 20.4. The molecule has 8 nitrogen and oxygen atoms in total. The Hall–Kier alpha value is -2.13. The summed E-state index contributed by atoms with van der Waals surface area (Å²) in [5.74, 6) is -2.57. The molecule has 10 heteroatoms. The highest BCUT2D eigenvalue weighted by molar-refractivity contribution is 6.42. The molecule has 1 spiro atoms. The fourth-order valence-electron chi connectivity index (χ4n) is 6.38. The summed E-state index contributed by atoms with van der Waals surface area (Å²) in [7, 11) is 1.55. The summed E-state index contributed by atoms with van der Waals surface area (Å²) in [6.45, 7) is 2.28. The standard InChI is InChI=1S/C26H31Cl2N3O5/c1-25-10-11-26(36-25)20(19(25)22(32)30-16-8-9-17(27)18(28)14-16)24(34)31(12-13-35-2)21(26)23(33)29-15-6-4-3-5-7-15/h8-11,14-15,19-21H,3-7,12-13H2,1-2H3,(H,29,33)(H,30,32)/t19-,20-,21-,25-,26+/m1/s1. The highest BCUT2D eigenvalue weighted by Gasteiger charge is 2.76. The Labute approximate surface area is 220 Å². The minimum absolute atomic E-state index is 0.0768. The first-order valence-corrected chi connectivity index (χ1v) is 13.2. The molecule has 1 aromatic rings. The number of anilines is 1. The first-order valence-electron chi connectivity index (χ1n) is 12.5. The van der Waals surface area contributed by atoms with Crippen LogP contribution in [-0.4, -0.2) is 66.2 Å². The SMILES string of the molecule is COCCN1C(=O)[C@H]2[C@H](C(=O)Nc3ccc(Cl)c(Cl)c3)[C@@]3(C)C=C[C@@]2(O3)[C@H]1C(=O)NC1CCCCC1. The van der Waals surface area contributed by atoms with Crippen molar-refractivity contribution in [3.8, 4) is 0 Å². The third-order valence-corrected chi connectivity index (χ3v) is 8.74. The molecule has 2 saturated heterocycles. The molecule has 194 valence electrons. The fraction of sp³-hybridized carbons (Fsp3) is 0.577. The van der Waals surface area contributed by atoms with Gasteiger partial charge < -0.3 is 25.0 Å². The van der Waals surface area contributed by atoms with Crippen LogP contribution >= 0.6 is 23.2 Å². The Kier molecular flexibility index (Phi) is 6.83. The molecule has 2 bridgehead atoms. The molecule has 3 fully saturated rings. The molecule has 1 aliphatic carbocycles. The maximum Gasteiger partial charge on any atom is 0.246 e. The number of hydrogen-bond donors (Lipinski definition) is 2. The van der Waals surface area contributed by atoms with Crippen LogP contribution < -0.4 is 10.6 Å². The number of fused-ring (bicyclic) bond motifs is 1. The van der Waals surface area contributed by atoms with E-state index < -0.39 is 29.1 Å². The van der Waals surface area contributed by atoms with E-state index in [0.717, 1.165) is 25.7 Å². The Morgan fingerprint density at radius 3 is 2.58 bits per heavy atom. The van der Waals surface area contributed by atoms with Crippen LogP contribution in [-0.2, 0) is 23.9 Å². The molecule has 36 heavy (non-hydrogen) atoms. The first-order chi connectivity index (χ1) is 17.2.